The van der Waals surface area contributed by atoms with Crippen molar-refractivity contribution < 1.29 is 9.90 Å². The number of hydrogen-bond donors (Lipinski definition) is 1. The molecular formula is C10H9N3O3. The number of aromatic carboxylic acids is 1. The van der Waals surface area contributed by atoms with Crippen molar-refractivity contribution in [2.75, 3.05) is 0 Å². The highest BCUT2D eigenvalue weighted by Gasteiger charge is 2.25. The first kappa shape index (κ1) is 9.14. The van der Waals surface area contributed by atoms with Crippen LogP contribution >= 0.6 is 0 Å². The van der Waals surface area contributed by atoms with E-state index in [1.807, 2.05) is 4.57 Å². The van der Waals surface area contributed by atoms with Crippen LogP contribution in [0.1, 0.15) is 29.4 Å². The van der Waals surface area contributed by atoms with Gasteiger partial charge in [0.2, 0.25) is 5.78 Å². The minimum atomic E-state index is -1.18. The van der Waals surface area contributed by atoms with Crippen LogP contribution in [0, 0.1) is 0 Å². The van der Waals surface area contributed by atoms with E-state index in [0.29, 0.717) is 11.8 Å². The van der Waals surface area contributed by atoms with Crippen LogP contribution in [0.15, 0.2) is 23.3 Å². The van der Waals surface area contributed by atoms with Gasteiger partial charge in [-0.3, -0.25) is 9.20 Å². The average molecular weight is 219 g/mol. The summed E-state index contributed by atoms with van der Waals surface area (Å²) in [6.07, 6.45) is 5.50. The molecule has 1 N–H and O–H groups in total. The fourth-order valence-electron chi connectivity index (χ4n) is 1.75. The first-order chi connectivity index (χ1) is 7.66. The van der Waals surface area contributed by atoms with Gasteiger partial charge in [0.1, 0.15) is 0 Å². The molecule has 0 spiro atoms. The number of rotatable bonds is 2. The van der Waals surface area contributed by atoms with Gasteiger partial charge in [0.25, 0.3) is 5.56 Å². The molecule has 0 radical (unpaired) electrons. The molecule has 0 aromatic carbocycles. The van der Waals surface area contributed by atoms with Crippen molar-refractivity contribution in [3.63, 3.8) is 0 Å². The second-order valence-electron chi connectivity index (χ2n) is 3.89. The largest absolute Gasteiger partial charge is 0.477 e. The molecule has 1 saturated carbocycles. The average Bonchev–Trinajstić information content (AvgIpc) is 2.98. The van der Waals surface area contributed by atoms with E-state index in [0.717, 1.165) is 18.9 Å². The molecular weight excluding hydrogens is 210 g/mol. The Morgan fingerprint density at radius 1 is 1.44 bits per heavy atom. The van der Waals surface area contributed by atoms with Crippen molar-refractivity contribution in [1.29, 1.82) is 0 Å². The Labute approximate surface area is 89.8 Å². The Morgan fingerprint density at radius 3 is 2.81 bits per heavy atom. The fourth-order valence-corrected chi connectivity index (χ4v) is 1.75. The Kier molecular flexibility index (Phi) is 1.68. The van der Waals surface area contributed by atoms with Crippen LogP contribution in [0.5, 0.6) is 0 Å². The molecule has 0 atom stereocenters. The third-order valence-corrected chi connectivity index (χ3v) is 2.70. The molecule has 3 rings (SSSR count). The summed E-state index contributed by atoms with van der Waals surface area (Å²) in [5, 5.41) is 8.83. The summed E-state index contributed by atoms with van der Waals surface area (Å²) >= 11 is 0. The van der Waals surface area contributed by atoms with Crippen molar-refractivity contribution in [1.82, 2.24) is 14.0 Å². The lowest BCUT2D eigenvalue weighted by molar-refractivity contribution is 0.0690. The monoisotopic (exact) mass is 219 g/mol. The maximum atomic E-state index is 11.6. The van der Waals surface area contributed by atoms with Gasteiger partial charge in [0, 0.05) is 24.5 Å². The SMILES string of the molecule is O=C(O)c1cc(=O)n2ccn(C3CC3)c2n1. The smallest absolute Gasteiger partial charge is 0.354 e. The molecule has 0 aliphatic heterocycles. The van der Waals surface area contributed by atoms with Crippen molar-refractivity contribution in [3.8, 4) is 0 Å². The predicted molar refractivity (Wildman–Crippen MR) is 54.7 cm³/mol. The van der Waals surface area contributed by atoms with E-state index in [1.165, 1.54) is 4.40 Å². The molecule has 2 aromatic heterocycles. The molecule has 1 aliphatic carbocycles. The van der Waals surface area contributed by atoms with Gasteiger partial charge >= 0.3 is 5.97 Å². The highest BCUT2D eigenvalue weighted by atomic mass is 16.4. The Bertz CT molecular complexity index is 636. The van der Waals surface area contributed by atoms with Crippen LogP contribution in [0.2, 0.25) is 0 Å². The third kappa shape index (κ3) is 1.23. The van der Waals surface area contributed by atoms with Gasteiger partial charge in [0.05, 0.1) is 0 Å². The first-order valence-corrected chi connectivity index (χ1v) is 5.00. The standard InChI is InChI=1S/C10H9N3O3/c14-8-5-7(9(15)16)11-10-12(6-1-2-6)3-4-13(8)10/h3-6H,1-2H2,(H,15,16). The van der Waals surface area contributed by atoms with Crippen LogP contribution < -0.4 is 5.56 Å². The summed E-state index contributed by atoms with van der Waals surface area (Å²) in [6, 6.07) is 1.40. The molecule has 0 amide bonds. The molecule has 0 bridgehead atoms. The zero-order chi connectivity index (χ0) is 11.3. The Balaban J connectivity index is 2.32. The zero-order valence-electron chi connectivity index (χ0n) is 8.33. The molecule has 82 valence electrons. The molecule has 0 saturated heterocycles. The highest BCUT2D eigenvalue weighted by Crippen LogP contribution is 2.35. The fraction of sp³-hybridized carbons (Fsp3) is 0.300. The van der Waals surface area contributed by atoms with E-state index >= 15 is 0 Å². The van der Waals surface area contributed by atoms with E-state index < -0.39 is 5.97 Å². The molecule has 6 heteroatoms. The number of carboxylic acid groups (broad SMARTS) is 1. The van der Waals surface area contributed by atoms with E-state index in [2.05, 4.69) is 4.98 Å². The van der Waals surface area contributed by atoms with Crippen molar-refractivity contribution in [3.05, 3.63) is 34.5 Å². The summed E-state index contributed by atoms with van der Waals surface area (Å²) < 4.78 is 3.22. The van der Waals surface area contributed by atoms with E-state index in [-0.39, 0.29) is 11.3 Å². The molecule has 1 aliphatic rings. The lowest BCUT2D eigenvalue weighted by atomic mass is 10.4. The number of carbonyl (C=O) groups is 1. The quantitative estimate of drug-likeness (QED) is 0.799. The van der Waals surface area contributed by atoms with E-state index in [4.69, 9.17) is 5.11 Å². The highest BCUT2D eigenvalue weighted by molar-refractivity contribution is 5.85. The predicted octanol–water partition coefficient (Wildman–Crippen LogP) is 0.529. The van der Waals surface area contributed by atoms with Gasteiger partial charge in [-0.25, -0.2) is 9.78 Å². The second-order valence-corrected chi connectivity index (χ2v) is 3.89. The molecule has 6 nitrogen and oxygen atoms in total. The lowest BCUT2D eigenvalue weighted by Crippen LogP contribution is -2.17. The normalized spacial score (nSPS) is 15.5. The number of carboxylic acids is 1. The van der Waals surface area contributed by atoms with Crippen LogP contribution in [0.25, 0.3) is 5.78 Å². The van der Waals surface area contributed by atoms with Gasteiger partial charge in [-0.2, -0.15) is 0 Å². The number of imidazole rings is 1. The molecule has 16 heavy (non-hydrogen) atoms. The number of fused-ring (bicyclic) bond motifs is 1. The Morgan fingerprint density at radius 2 is 2.19 bits per heavy atom. The lowest BCUT2D eigenvalue weighted by Gasteiger charge is -2.01. The third-order valence-electron chi connectivity index (χ3n) is 2.70. The molecule has 0 unspecified atom stereocenters. The van der Waals surface area contributed by atoms with Crippen LogP contribution in [0.4, 0.5) is 0 Å². The van der Waals surface area contributed by atoms with E-state index in [9.17, 15) is 9.59 Å². The number of aromatic nitrogens is 3. The summed E-state index contributed by atoms with van der Waals surface area (Å²) in [6.45, 7) is 0. The minimum Gasteiger partial charge on any atom is -0.477 e. The van der Waals surface area contributed by atoms with Gasteiger partial charge in [-0.1, -0.05) is 0 Å². The molecule has 1 fully saturated rings. The zero-order valence-corrected chi connectivity index (χ0v) is 8.33. The van der Waals surface area contributed by atoms with Gasteiger partial charge in [-0.15, -0.1) is 0 Å². The first-order valence-electron chi connectivity index (χ1n) is 5.00. The van der Waals surface area contributed by atoms with Crippen LogP contribution in [-0.4, -0.2) is 25.0 Å². The van der Waals surface area contributed by atoms with Crippen LogP contribution in [0.3, 0.4) is 0 Å². The molecule has 2 heterocycles. The van der Waals surface area contributed by atoms with Gasteiger partial charge < -0.3 is 9.67 Å². The van der Waals surface area contributed by atoms with Crippen molar-refractivity contribution >= 4 is 11.7 Å². The van der Waals surface area contributed by atoms with Gasteiger partial charge in [-0.05, 0) is 12.8 Å². The Hall–Kier alpha value is -2.11. The van der Waals surface area contributed by atoms with Gasteiger partial charge in [0.15, 0.2) is 5.69 Å². The second kappa shape index (κ2) is 2.94. The molecule has 2 aromatic rings. The van der Waals surface area contributed by atoms with Crippen LogP contribution in [-0.2, 0) is 0 Å². The maximum Gasteiger partial charge on any atom is 0.354 e. The summed E-state index contributed by atoms with van der Waals surface area (Å²) in [4.78, 5) is 26.4. The van der Waals surface area contributed by atoms with E-state index in [1.54, 1.807) is 12.4 Å². The number of hydrogen-bond acceptors (Lipinski definition) is 3. The van der Waals surface area contributed by atoms with Crippen molar-refractivity contribution in [2.24, 2.45) is 0 Å². The summed E-state index contributed by atoms with van der Waals surface area (Å²) in [5.74, 6) is -0.768. The topological polar surface area (TPSA) is 76.6 Å². The maximum absolute atomic E-state index is 11.6. The summed E-state index contributed by atoms with van der Waals surface area (Å²) in [5.41, 5.74) is -0.563. The minimum absolute atomic E-state index is 0.203. The van der Waals surface area contributed by atoms with Crippen molar-refractivity contribution in [2.45, 2.75) is 18.9 Å². The number of nitrogens with zero attached hydrogens (tertiary/aromatic N) is 3. The summed E-state index contributed by atoms with van der Waals surface area (Å²) in [7, 11) is 0.